The number of hydrogen-bond donors (Lipinski definition) is 12. The highest BCUT2D eigenvalue weighted by Gasteiger charge is 2.54. The number of aliphatic hydroxyl groups is 11. The van der Waals surface area contributed by atoms with Crippen molar-refractivity contribution in [2.45, 2.75) is 446 Å². The molecule has 3 rings (SSSR count). The van der Waals surface area contributed by atoms with Crippen molar-refractivity contribution in [3.63, 3.8) is 0 Å². The molecular formula is C77H147NO18. The van der Waals surface area contributed by atoms with Crippen molar-refractivity contribution in [3.8, 4) is 0 Å². The third-order valence-corrected chi connectivity index (χ3v) is 20.3. The summed E-state index contributed by atoms with van der Waals surface area (Å²) in [5, 5.41) is 121. The van der Waals surface area contributed by atoms with Gasteiger partial charge in [0.25, 0.3) is 0 Å². The van der Waals surface area contributed by atoms with E-state index in [4.69, 9.17) is 28.4 Å². The topological polar surface area (TPSA) is 307 Å². The van der Waals surface area contributed by atoms with E-state index < -0.39 is 124 Å². The van der Waals surface area contributed by atoms with Crippen molar-refractivity contribution in [3.05, 3.63) is 12.2 Å². The summed E-state index contributed by atoms with van der Waals surface area (Å²) in [6.07, 6.45) is 42.0. The summed E-state index contributed by atoms with van der Waals surface area (Å²) < 4.78 is 34.5. The quantitative estimate of drug-likeness (QED) is 0.0199. The zero-order valence-corrected chi connectivity index (χ0v) is 60.6. The lowest BCUT2D eigenvalue weighted by atomic mass is 9.96. The van der Waals surface area contributed by atoms with Gasteiger partial charge < -0.3 is 89.9 Å². The zero-order valence-electron chi connectivity index (χ0n) is 60.6. The van der Waals surface area contributed by atoms with Crippen LogP contribution in [-0.4, -0.2) is 193 Å². The first kappa shape index (κ1) is 88.7. The number of carbonyl (C=O) groups excluding carboxylic acids is 1. The van der Waals surface area contributed by atoms with Crippen LogP contribution in [0.15, 0.2) is 12.2 Å². The fourth-order valence-corrected chi connectivity index (χ4v) is 13.9. The van der Waals surface area contributed by atoms with Crippen molar-refractivity contribution >= 4 is 5.91 Å². The lowest BCUT2D eigenvalue weighted by molar-refractivity contribution is -0.379. The van der Waals surface area contributed by atoms with E-state index >= 15 is 0 Å². The van der Waals surface area contributed by atoms with Crippen LogP contribution in [0.5, 0.6) is 0 Å². The summed E-state index contributed by atoms with van der Waals surface area (Å²) in [5.74, 6) is -0.266. The molecule has 0 radical (unpaired) electrons. The molecule has 17 unspecified atom stereocenters. The Morgan fingerprint density at radius 2 is 0.646 bits per heavy atom. The van der Waals surface area contributed by atoms with Crippen molar-refractivity contribution in [1.29, 1.82) is 0 Å². The summed E-state index contributed by atoms with van der Waals surface area (Å²) in [4.78, 5) is 13.5. The minimum Gasteiger partial charge on any atom is -0.394 e. The molecule has 0 aliphatic carbocycles. The Morgan fingerprint density at radius 1 is 0.365 bits per heavy atom. The van der Waals surface area contributed by atoms with E-state index in [1.54, 1.807) is 6.08 Å². The Bertz CT molecular complexity index is 1790. The van der Waals surface area contributed by atoms with E-state index in [9.17, 15) is 61.0 Å². The van der Waals surface area contributed by atoms with E-state index in [1.165, 1.54) is 270 Å². The molecule has 3 fully saturated rings. The standard InChI is InChI=1S/C77H147NO18/c1-3-5-7-9-11-13-15-17-19-21-23-25-27-28-29-30-31-32-33-35-37-39-41-43-45-47-49-51-53-55-65(83)78-60(61(82)54-52-50-48-46-44-42-40-38-36-34-26-24-22-20-18-16-14-12-10-8-6-4-2)59-91-75-71(89)68(86)73(63(57-80)93-75)96-77-72(90)69(87)74(64(58-81)94-77)95-76-70(88)67(85)66(84)62(56-79)92-76/h52,54,60-64,66-77,79-82,84-90H,3-51,53,55-59H2,1-2H3,(H,78,83)/b54-52+. The second kappa shape index (κ2) is 59.0. The van der Waals surface area contributed by atoms with Crippen molar-refractivity contribution < 1.29 is 89.4 Å². The molecule has 0 bridgehead atoms. The zero-order chi connectivity index (χ0) is 69.6. The van der Waals surface area contributed by atoms with Crippen LogP contribution >= 0.6 is 0 Å². The summed E-state index contributed by atoms with van der Waals surface area (Å²) in [6.45, 7) is 1.80. The van der Waals surface area contributed by atoms with Gasteiger partial charge in [0.15, 0.2) is 18.9 Å². The molecule has 0 aromatic carbocycles. The Balaban J connectivity index is 1.37. The second-order valence-corrected chi connectivity index (χ2v) is 28.9. The second-order valence-electron chi connectivity index (χ2n) is 28.9. The molecule has 0 spiro atoms. The smallest absolute Gasteiger partial charge is 0.220 e. The van der Waals surface area contributed by atoms with Gasteiger partial charge in [-0.1, -0.05) is 328 Å². The number of rotatable bonds is 64. The molecule has 0 saturated carbocycles. The van der Waals surface area contributed by atoms with E-state index in [1.807, 2.05) is 6.08 Å². The molecule has 3 heterocycles. The number of nitrogens with one attached hydrogen (secondary N) is 1. The van der Waals surface area contributed by atoms with Crippen molar-refractivity contribution in [1.82, 2.24) is 5.32 Å². The molecule has 96 heavy (non-hydrogen) atoms. The van der Waals surface area contributed by atoms with E-state index in [0.717, 1.165) is 44.9 Å². The molecule has 3 aliphatic heterocycles. The number of carbonyl (C=O) groups is 1. The van der Waals surface area contributed by atoms with Gasteiger partial charge in [0.05, 0.1) is 38.6 Å². The Labute approximate surface area is 582 Å². The maximum absolute atomic E-state index is 13.5. The van der Waals surface area contributed by atoms with Gasteiger partial charge in [-0.3, -0.25) is 4.79 Å². The molecule has 0 aromatic heterocycles. The summed E-state index contributed by atoms with van der Waals surface area (Å²) in [5.41, 5.74) is 0. The van der Waals surface area contributed by atoms with Crippen LogP contribution in [-0.2, 0) is 33.2 Å². The van der Waals surface area contributed by atoms with Crippen LogP contribution < -0.4 is 5.32 Å². The number of hydrogen-bond acceptors (Lipinski definition) is 18. The first-order chi connectivity index (χ1) is 46.8. The number of allylic oxidation sites excluding steroid dienone is 1. The number of ether oxygens (including phenoxy) is 6. The van der Waals surface area contributed by atoms with Crippen molar-refractivity contribution in [2.24, 2.45) is 0 Å². The van der Waals surface area contributed by atoms with Crippen molar-refractivity contribution in [2.75, 3.05) is 26.4 Å². The highest BCUT2D eigenvalue weighted by atomic mass is 16.8. The molecule has 0 aromatic rings. The number of unbranched alkanes of at least 4 members (excludes halogenated alkanes) is 48. The molecule has 3 aliphatic rings. The van der Waals surface area contributed by atoms with Crippen LogP contribution in [0.4, 0.5) is 0 Å². The monoisotopic (exact) mass is 1370 g/mol. The molecule has 19 nitrogen and oxygen atoms in total. The van der Waals surface area contributed by atoms with Crippen LogP contribution in [0.1, 0.15) is 341 Å². The highest BCUT2D eigenvalue weighted by molar-refractivity contribution is 5.76. The SMILES string of the molecule is CCCCCCCCCCCCCCCCCCCCCC/C=C/C(O)C(COC1OC(CO)C(OC2OC(CO)C(OC3OC(CO)C(O)C(O)C3O)C(O)C2O)C(O)C1O)NC(=O)CCCCCCCCCCCCCCCCCCCCCCCCCCCCCCC. The largest absolute Gasteiger partial charge is 0.394 e. The lowest BCUT2D eigenvalue weighted by Gasteiger charge is -2.48. The average Bonchev–Trinajstić information content (AvgIpc) is 0.787. The number of aliphatic hydroxyl groups excluding tert-OH is 11. The van der Waals surface area contributed by atoms with Gasteiger partial charge in [0.2, 0.25) is 5.91 Å². The molecule has 1 amide bonds. The van der Waals surface area contributed by atoms with E-state index in [-0.39, 0.29) is 18.9 Å². The normalized spacial score (nSPS) is 27.0. The molecule has 12 N–H and O–H groups in total. The molecule has 17 atom stereocenters. The predicted octanol–water partition coefficient (Wildman–Crippen LogP) is 12.8. The van der Waals surface area contributed by atoms with Crippen LogP contribution in [0, 0.1) is 0 Å². The van der Waals surface area contributed by atoms with Crippen LogP contribution in [0.2, 0.25) is 0 Å². The van der Waals surface area contributed by atoms with Crippen LogP contribution in [0.25, 0.3) is 0 Å². The van der Waals surface area contributed by atoms with Gasteiger partial charge in [0, 0.05) is 6.42 Å². The first-order valence-electron chi connectivity index (χ1n) is 39.9. The third-order valence-electron chi connectivity index (χ3n) is 20.3. The predicted molar refractivity (Wildman–Crippen MR) is 379 cm³/mol. The van der Waals surface area contributed by atoms with Gasteiger partial charge >= 0.3 is 0 Å². The Kier molecular flexibility index (Phi) is 54.5. The Hall–Kier alpha value is -1.47. The van der Waals surface area contributed by atoms with Gasteiger partial charge in [-0.25, -0.2) is 0 Å². The minimum atomic E-state index is -1.98. The first-order valence-corrected chi connectivity index (χ1v) is 39.9. The maximum Gasteiger partial charge on any atom is 0.220 e. The lowest BCUT2D eigenvalue weighted by Crippen LogP contribution is -2.66. The van der Waals surface area contributed by atoms with E-state index in [0.29, 0.717) is 6.42 Å². The average molecular weight is 1380 g/mol. The molecule has 568 valence electrons. The molecule has 19 heteroatoms. The molecule has 3 saturated heterocycles. The Morgan fingerprint density at radius 3 is 0.979 bits per heavy atom. The van der Waals surface area contributed by atoms with Crippen LogP contribution in [0.3, 0.4) is 0 Å². The maximum atomic E-state index is 13.5. The number of amides is 1. The van der Waals surface area contributed by atoms with Gasteiger partial charge in [0.1, 0.15) is 73.2 Å². The van der Waals surface area contributed by atoms with Gasteiger partial charge in [-0.05, 0) is 19.3 Å². The van der Waals surface area contributed by atoms with Gasteiger partial charge in [-0.15, -0.1) is 0 Å². The van der Waals surface area contributed by atoms with E-state index in [2.05, 4.69) is 19.2 Å². The highest BCUT2D eigenvalue weighted by Crippen LogP contribution is 2.33. The summed E-state index contributed by atoms with van der Waals surface area (Å²) in [7, 11) is 0. The van der Waals surface area contributed by atoms with Gasteiger partial charge in [-0.2, -0.15) is 0 Å². The third kappa shape index (κ3) is 39.3. The molecular weight excluding hydrogens is 1230 g/mol. The minimum absolute atomic E-state index is 0.250. The fourth-order valence-electron chi connectivity index (χ4n) is 13.9. The summed E-state index contributed by atoms with van der Waals surface area (Å²) >= 11 is 0. The summed E-state index contributed by atoms with van der Waals surface area (Å²) in [6, 6.07) is -0.970. The fraction of sp³-hybridized carbons (Fsp3) is 0.961.